The minimum Gasteiger partial charge on any atom is -0.480 e. The van der Waals surface area contributed by atoms with E-state index in [1.54, 1.807) is 24.0 Å². The van der Waals surface area contributed by atoms with Gasteiger partial charge in [-0.25, -0.2) is 0 Å². The van der Waals surface area contributed by atoms with E-state index in [0.717, 1.165) is 14.6 Å². The number of carbonyl (C=O) groups excluding carboxylic acids is 1. The topological polar surface area (TPSA) is 66.8 Å². The van der Waals surface area contributed by atoms with Crippen molar-refractivity contribution >= 4 is 49.5 Å². The first-order chi connectivity index (χ1) is 9.43. The summed E-state index contributed by atoms with van der Waals surface area (Å²) in [6, 6.07) is 5.42. The smallest absolute Gasteiger partial charge is 0.323 e. The molecule has 1 rings (SSSR count). The van der Waals surface area contributed by atoms with Gasteiger partial charge in [-0.3, -0.25) is 9.59 Å². The van der Waals surface area contributed by atoms with Crippen LogP contribution in [0.5, 0.6) is 0 Å². The number of carbonyl (C=O) groups is 2. The molecule has 0 unspecified atom stereocenters. The maximum Gasteiger partial charge on any atom is 0.323 e. The van der Waals surface area contributed by atoms with Gasteiger partial charge in [0.1, 0.15) is 6.54 Å². The molecule has 0 saturated heterocycles. The van der Waals surface area contributed by atoms with Crippen LogP contribution in [0.25, 0.3) is 0 Å². The highest BCUT2D eigenvalue weighted by molar-refractivity contribution is 9.13. The lowest BCUT2D eigenvalue weighted by atomic mass is 10.2. The maximum absolute atomic E-state index is 11.4. The Balaban J connectivity index is 2.80. The Kier molecular flexibility index (Phi) is 7.01. The Labute approximate surface area is 134 Å². The third-order valence-corrected chi connectivity index (χ3v) is 4.37. The van der Waals surface area contributed by atoms with Gasteiger partial charge < -0.3 is 14.7 Å². The van der Waals surface area contributed by atoms with Gasteiger partial charge in [0.15, 0.2) is 0 Å². The minimum atomic E-state index is -0.951. The van der Waals surface area contributed by atoms with Gasteiger partial charge in [0, 0.05) is 21.2 Å². The number of hydrogen-bond acceptors (Lipinski definition) is 4. The van der Waals surface area contributed by atoms with Crippen LogP contribution in [0.1, 0.15) is 13.3 Å². The molecule has 0 spiro atoms. The van der Waals surface area contributed by atoms with E-state index < -0.39 is 5.97 Å². The Morgan fingerprint density at radius 3 is 2.55 bits per heavy atom. The standard InChI is InChI=1S/C13H15Br2NO4/c1-2-20-13(19)5-6-16(8-12(17)18)9-3-4-10(14)11(15)7-9/h3-4,7H,2,5-6,8H2,1H3,(H,17,18). The van der Waals surface area contributed by atoms with Crippen LogP contribution in [-0.4, -0.2) is 36.7 Å². The first-order valence-electron chi connectivity index (χ1n) is 6.01. The number of carboxylic acids is 1. The van der Waals surface area contributed by atoms with Crippen molar-refractivity contribution in [1.82, 2.24) is 0 Å². The van der Waals surface area contributed by atoms with Gasteiger partial charge in [-0.1, -0.05) is 0 Å². The van der Waals surface area contributed by atoms with E-state index in [0.29, 0.717) is 13.2 Å². The third kappa shape index (κ3) is 5.50. The zero-order valence-electron chi connectivity index (χ0n) is 10.9. The van der Waals surface area contributed by atoms with Crippen molar-refractivity contribution < 1.29 is 19.4 Å². The molecule has 5 nitrogen and oxygen atoms in total. The second-order valence-electron chi connectivity index (χ2n) is 3.97. The zero-order chi connectivity index (χ0) is 15.1. The molecule has 0 atom stereocenters. The van der Waals surface area contributed by atoms with Gasteiger partial charge in [0.05, 0.1) is 13.0 Å². The number of rotatable bonds is 7. The number of ether oxygens (including phenoxy) is 1. The highest BCUT2D eigenvalue weighted by atomic mass is 79.9. The first kappa shape index (κ1) is 17.0. The molecule has 0 fully saturated rings. The Hall–Kier alpha value is -1.08. The summed E-state index contributed by atoms with van der Waals surface area (Å²) in [5.74, 6) is -1.29. The lowest BCUT2D eigenvalue weighted by molar-refractivity contribution is -0.143. The summed E-state index contributed by atoms with van der Waals surface area (Å²) in [5.41, 5.74) is 0.728. The van der Waals surface area contributed by atoms with Crippen LogP contribution >= 0.6 is 31.9 Å². The minimum absolute atomic E-state index is 0.148. The predicted molar refractivity (Wildman–Crippen MR) is 82.9 cm³/mol. The molecule has 0 aliphatic heterocycles. The summed E-state index contributed by atoms with van der Waals surface area (Å²) in [6.45, 7) is 2.17. The summed E-state index contributed by atoms with van der Waals surface area (Å²) in [7, 11) is 0. The van der Waals surface area contributed by atoms with E-state index in [2.05, 4.69) is 31.9 Å². The lowest BCUT2D eigenvalue weighted by Gasteiger charge is -2.22. The molecule has 0 radical (unpaired) electrons. The molecule has 0 heterocycles. The molecular formula is C13H15Br2NO4. The molecule has 20 heavy (non-hydrogen) atoms. The molecule has 110 valence electrons. The molecule has 1 N–H and O–H groups in total. The number of nitrogens with zero attached hydrogens (tertiary/aromatic N) is 1. The van der Waals surface area contributed by atoms with Crippen LogP contribution in [0.4, 0.5) is 5.69 Å². The molecule has 0 saturated carbocycles. The number of benzene rings is 1. The largest absolute Gasteiger partial charge is 0.480 e. The van der Waals surface area contributed by atoms with E-state index in [9.17, 15) is 9.59 Å². The molecule has 7 heteroatoms. The molecule has 0 aliphatic rings. The lowest BCUT2D eigenvalue weighted by Crippen LogP contribution is -2.32. The van der Waals surface area contributed by atoms with Gasteiger partial charge in [0.25, 0.3) is 0 Å². The summed E-state index contributed by atoms with van der Waals surface area (Å²) < 4.78 is 6.54. The number of halogens is 2. The van der Waals surface area contributed by atoms with Gasteiger partial charge in [0.2, 0.25) is 0 Å². The summed E-state index contributed by atoms with van der Waals surface area (Å²) in [6.07, 6.45) is 0.148. The number of hydrogen-bond donors (Lipinski definition) is 1. The molecule has 1 aromatic rings. The fraction of sp³-hybridized carbons (Fsp3) is 0.385. The predicted octanol–water partition coefficient (Wildman–Crippen LogP) is 3.06. The summed E-state index contributed by atoms with van der Waals surface area (Å²) >= 11 is 6.73. The molecule has 1 aromatic carbocycles. The number of carboxylic acid groups (broad SMARTS) is 1. The van der Waals surface area contributed by atoms with E-state index in [1.165, 1.54) is 0 Å². The van der Waals surface area contributed by atoms with Crippen molar-refractivity contribution in [3.63, 3.8) is 0 Å². The average molecular weight is 409 g/mol. The van der Waals surface area contributed by atoms with E-state index >= 15 is 0 Å². The monoisotopic (exact) mass is 407 g/mol. The fourth-order valence-corrected chi connectivity index (χ4v) is 2.22. The van der Waals surface area contributed by atoms with Crippen molar-refractivity contribution in [2.75, 3.05) is 24.6 Å². The Morgan fingerprint density at radius 1 is 1.30 bits per heavy atom. The SMILES string of the molecule is CCOC(=O)CCN(CC(=O)O)c1ccc(Br)c(Br)c1. The molecule has 0 aliphatic carbocycles. The van der Waals surface area contributed by atoms with E-state index in [1.807, 2.05) is 6.07 Å². The molecule has 0 aromatic heterocycles. The number of anilines is 1. The van der Waals surface area contributed by atoms with Crippen LogP contribution in [0.2, 0.25) is 0 Å². The van der Waals surface area contributed by atoms with Gasteiger partial charge >= 0.3 is 11.9 Å². The maximum atomic E-state index is 11.4. The van der Waals surface area contributed by atoms with Gasteiger partial charge in [-0.2, -0.15) is 0 Å². The highest BCUT2D eigenvalue weighted by Gasteiger charge is 2.14. The third-order valence-electron chi connectivity index (χ3n) is 2.49. The Bertz CT molecular complexity index is 493. The average Bonchev–Trinajstić information content (AvgIpc) is 2.38. The van der Waals surface area contributed by atoms with E-state index in [-0.39, 0.29) is 18.9 Å². The van der Waals surface area contributed by atoms with Crippen molar-refractivity contribution in [1.29, 1.82) is 0 Å². The fourth-order valence-electron chi connectivity index (χ4n) is 1.60. The van der Waals surface area contributed by atoms with Crippen molar-refractivity contribution in [3.8, 4) is 0 Å². The summed E-state index contributed by atoms with van der Waals surface area (Å²) in [4.78, 5) is 23.9. The van der Waals surface area contributed by atoms with Crippen LogP contribution in [-0.2, 0) is 14.3 Å². The number of esters is 1. The molecule has 0 bridgehead atoms. The van der Waals surface area contributed by atoms with Crippen molar-refractivity contribution in [3.05, 3.63) is 27.1 Å². The molecular weight excluding hydrogens is 394 g/mol. The molecule has 0 amide bonds. The second-order valence-corrected chi connectivity index (χ2v) is 5.68. The van der Waals surface area contributed by atoms with Gasteiger partial charge in [-0.15, -0.1) is 0 Å². The van der Waals surface area contributed by atoms with Crippen LogP contribution < -0.4 is 4.90 Å². The van der Waals surface area contributed by atoms with Crippen LogP contribution in [0.15, 0.2) is 27.1 Å². The summed E-state index contributed by atoms with van der Waals surface area (Å²) in [5, 5.41) is 8.96. The highest BCUT2D eigenvalue weighted by Crippen LogP contribution is 2.28. The first-order valence-corrected chi connectivity index (χ1v) is 7.60. The zero-order valence-corrected chi connectivity index (χ0v) is 14.1. The van der Waals surface area contributed by atoms with Crippen LogP contribution in [0, 0.1) is 0 Å². The normalized spacial score (nSPS) is 10.2. The Morgan fingerprint density at radius 2 is 2.00 bits per heavy atom. The number of aliphatic carboxylic acids is 1. The van der Waals surface area contributed by atoms with Crippen LogP contribution in [0.3, 0.4) is 0 Å². The van der Waals surface area contributed by atoms with Gasteiger partial charge in [-0.05, 0) is 57.0 Å². The quantitative estimate of drug-likeness (QED) is 0.702. The van der Waals surface area contributed by atoms with Crippen molar-refractivity contribution in [2.24, 2.45) is 0 Å². The van der Waals surface area contributed by atoms with E-state index in [4.69, 9.17) is 9.84 Å². The van der Waals surface area contributed by atoms with Crippen molar-refractivity contribution in [2.45, 2.75) is 13.3 Å². The second kappa shape index (κ2) is 8.26.